The monoisotopic (exact) mass is 407 g/mol. The van der Waals surface area contributed by atoms with E-state index in [0.29, 0.717) is 15.7 Å². The molecule has 3 aromatic rings. The molecule has 1 aromatic heterocycles. The molecular weight excluding hydrogens is 382 g/mol. The summed E-state index contributed by atoms with van der Waals surface area (Å²) in [6.45, 7) is 9.74. The molecule has 2 aromatic carbocycles. The van der Waals surface area contributed by atoms with Crippen LogP contribution in [0.5, 0.6) is 0 Å². The molecule has 0 unspecified atom stereocenters. The summed E-state index contributed by atoms with van der Waals surface area (Å²) in [5, 5.41) is 6.25. The van der Waals surface area contributed by atoms with Gasteiger partial charge < -0.3 is 10.6 Å². The Labute approximate surface area is 175 Å². The number of rotatable bonds is 5. The van der Waals surface area contributed by atoms with Gasteiger partial charge in [0.1, 0.15) is 4.88 Å². The molecule has 3 rings (SSSR count). The average molecular weight is 408 g/mol. The zero-order valence-corrected chi connectivity index (χ0v) is 18.2. The van der Waals surface area contributed by atoms with Crippen molar-refractivity contribution in [3.63, 3.8) is 0 Å². The highest BCUT2D eigenvalue weighted by Crippen LogP contribution is 2.27. The van der Waals surface area contributed by atoms with Crippen molar-refractivity contribution in [2.24, 2.45) is 0 Å². The van der Waals surface area contributed by atoms with E-state index in [1.54, 1.807) is 6.92 Å². The van der Waals surface area contributed by atoms with Gasteiger partial charge in [-0.15, -0.1) is 0 Å². The number of hydrogen-bond acceptors (Lipinski definition) is 4. The van der Waals surface area contributed by atoms with Crippen LogP contribution in [0.2, 0.25) is 0 Å². The van der Waals surface area contributed by atoms with Crippen LogP contribution in [0.25, 0.3) is 0 Å². The Morgan fingerprint density at radius 3 is 2.24 bits per heavy atom. The van der Waals surface area contributed by atoms with Crippen molar-refractivity contribution in [3.8, 4) is 0 Å². The Balaban J connectivity index is 1.72. The van der Waals surface area contributed by atoms with Crippen LogP contribution in [0, 0.1) is 34.6 Å². The third kappa shape index (κ3) is 4.90. The minimum atomic E-state index is -0.213. The number of hydrogen-bond donors (Lipinski definition) is 2. The van der Waals surface area contributed by atoms with Crippen LogP contribution in [-0.2, 0) is 11.2 Å². The van der Waals surface area contributed by atoms with Crippen LogP contribution in [0.3, 0.4) is 0 Å². The van der Waals surface area contributed by atoms with Crippen LogP contribution in [-0.4, -0.2) is 16.8 Å². The summed E-state index contributed by atoms with van der Waals surface area (Å²) < 4.78 is 0. The number of carbonyl (C=O) groups excluding carboxylic acids is 2. The Morgan fingerprint density at radius 2 is 1.59 bits per heavy atom. The fraction of sp³-hybridized carbons (Fsp3) is 0.261. The fourth-order valence-corrected chi connectivity index (χ4v) is 4.23. The van der Waals surface area contributed by atoms with Crippen LogP contribution < -0.4 is 10.6 Å². The highest BCUT2D eigenvalue weighted by molar-refractivity contribution is 7.17. The van der Waals surface area contributed by atoms with E-state index in [0.717, 1.165) is 33.5 Å². The van der Waals surface area contributed by atoms with Gasteiger partial charge in [-0.3, -0.25) is 9.59 Å². The van der Waals surface area contributed by atoms with Gasteiger partial charge in [0.15, 0.2) is 5.13 Å². The maximum absolute atomic E-state index is 12.8. The van der Waals surface area contributed by atoms with Gasteiger partial charge in [0.25, 0.3) is 5.91 Å². The number of amides is 2. The first-order valence-electron chi connectivity index (χ1n) is 9.45. The molecule has 0 bridgehead atoms. The largest absolute Gasteiger partial charge is 0.321 e. The molecule has 0 aliphatic rings. The number of benzene rings is 2. The van der Waals surface area contributed by atoms with Gasteiger partial charge in [-0.1, -0.05) is 53.3 Å². The predicted octanol–water partition coefficient (Wildman–Crippen LogP) is 5.12. The Morgan fingerprint density at radius 1 is 0.931 bits per heavy atom. The molecule has 6 heteroatoms. The molecule has 0 fully saturated rings. The van der Waals surface area contributed by atoms with Gasteiger partial charge >= 0.3 is 0 Å². The average Bonchev–Trinajstić information content (AvgIpc) is 3.00. The van der Waals surface area contributed by atoms with Crippen molar-refractivity contribution >= 4 is 34.0 Å². The topological polar surface area (TPSA) is 71.1 Å². The van der Waals surface area contributed by atoms with E-state index in [2.05, 4.69) is 15.6 Å². The maximum atomic E-state index is 12.8. The van der Waals surface area contributed by atoms with Gasteiger partial charge in [-0.2, -0.15) is 0 Å². The van der Waals surface area contributed by atoms with Crippen LogP contribution in [0.4, 0.5) is 10.8 Å². The Bertz CT molecular complexity index is 1060. The minimum Gasteiger partial charge on any atom is -0.321 e. The normalized spacial score (nSPS) is 10.7. The summed E-state index contributed by atoms with van der Waals surface area (Å²) in [6, 6.07) is 11.9. The van der Waals surface area contributed by atoms with Crippen molar-refractivity contribution < 1.29 is 9.59 Å². The number of thiazole rings is 1. The van der Waals surface area contributed by atoms with Gasteiger partial charge in [0.2, 0.25) is 5.91 Å². The second kappa shape index (κ2) is 8.57. The lowest BCUT2D eigenvalue weighted by Gasteiger charge is -2.12. The first kappa shape index (κ1) is 20.7. The maximum Gasteiger partial charge on any atom is 0.267 e. The molecule has 29 heavy (non-hydrogen) atoms. The molecule has 0 spiro atoms. The van der Waals surface area contributed by atoms with Gasteiger partial charge in [0, 0.05) is 5.69 Å². The van der Waals surface area contributed by atoms with E-state index in [-0.39, 0.29) is 18.2 Å². The van der Waals surface area contributed by atoms with E-state index in [1.807, 2.05) is 64.1 Å². The van der Waals surface area contributed by atoms with Crippen molar-refractivity contribution in [1.82, 2.24) is 4.98 Å². The summed E-state index contributed by atoms with van der Waals surface area (Å²) in [5.41, 5.74) is 6.66. The molecule has 0 aliphatic heterocycles. The molecule has 2 N–H and O–H groups in total. The number of carbonyl (C=O) groups is 2. The van der Waals surface area contributed by atoms with Gasteiger partial charge in [0.05, 0.1) is 12.1 Å². The molecule has 0 atom stereocenters. The molecule has 0 radical (unpaired) electrons. The van der Waals surface area contributed by atoms with E-state index in [1.165, 1.54) is 11.3 Å². The molecule has 0 aliphatic carbocycles. The van der Waals surface area contributed by atoms with Gasteiger partial charge in [-0.05, 0) is 56.9 Å². The highest BCUT2D eigenvalue weighted by atomic mass is 32.1. The Kier molecular flexibility index (Phi) is 6.13. The second-order valence-corrected chi connectivity index (χ2v) is 8.31. The van der Waals surface area contributed by atoms with Gasteiger partial charge in [-0.25, -0.2) is 4.98 Å². The Hall–Kier alpha value is -2.99. The number of anilines is 2. The highest BCUT2D eigenvalue weighted by Gasteiger charge is 2.18. The third-order valence-corrected chi connectivity index (χ3v) is 5.85. The lowest BCUT2D eigenvalue weighted by atomic mass is 10.1. The molecule has 150 valence electrons. The summed E-state index contributed by atoms with van der Waals surface area (Å²) in [6.07, 6.45) is 0.272. The van der Waals surface area contributed by atoms with E-state index in [4.69, 9.17) is 0 Å². The van der Waals surface area contributed by atoms with E-state index < -0.39 is 0 Å². The second-order valence-electron chi connectivity index (χ2n) is 7.31. The number of aromatic nitrogens is 1. The van der Waals surface area contributed by atoms with E-state index in [9.17, 15) is 9.59 Å². The number of nitrogens with one attached hydrogen (secondary N) is 2. The first-order chi connectivity index (χ1) is 13.7. The lowest BCUT2D eigenvalue weighted by Crippen LogP contribution is -2.14. The smallest absolute Gasteiger partial charge is 0.267 e. The lowest BCUT2D eigenvalue weighted by molar-refractivity contribution is -0.115. The van der Waals surface area contributed by atoms with Crippen molar-refractivity contribution in [3.05, 3.63) is 74.8 Å². The number of aryl methyl sites for hydroxylation is 5. The summed E-state index contributed by atoms with van der Waals surface area (Å²) in [5.74, 6) is -0.361. The van der Waals surface area contributed by atoms with Crippen molar-refractivity contribution in [1.29, 1.82) is 0 Å². The standard InChI is InChI=1S/C23H25N3O2S/c1-13-10-15(3)20(16(4)11-13)26-22(28)21-17(5)24-23(29-21)25-19(27)12-18-9-7-6-8-14(18)2/h6-11H,12H2,1-5H3,(H,26,28)(H,24,25,27). The molecule has 0 saturated heterocycles. The number of nitrogens with zero attached hydrogens (tertiary/aromatic N) is 1. The molecule has 5 nitrogen and oxygen atoms in total. The molecular formula is C23H25N3O2S. The van der Waals surface area contributed by atoms with Crippen LogP contribution in [0.1, 0.15) is 43.2 Å². The minimum absolute atomic E-state index is 0.148. The van der Waals surface area contributed by atoms with E-state index >= 15 is 0 Å². The molecule has 1 heterocycles. The SMILES string of the molecule is Cc1cc(C)c(NC(=O)c2sc(NC(=O)Cc3ccccc3C)nc2C)c(C)c1. The zero-order chi connectivity index (χ0) is 21.1. The van der Waals surface area contributed by atoms with Crippen LogP contribution >= 0.6 is 11.3 Å². The first-order valence-corrected chi connectivity index (χ1v) is 10.3. The zero-order valence-electron chi connectivity index (χ0n) is 17.3. The van der Waals surface area contributed by atoms with Crippen molar-refractivity contribution in [2.45, 2.75) is 41.0 Å². The molecule has 2 amide bonds. The summed E-state index contributed by atoms with van der Waals surface area (Å²) >= 11 is 1.19. The summed E-state index contributed by atoms with van der Waals surface area (Å²) in [7, 11) is 0. The van der Waals surface area contributed by atoms with Crippen molar-refractivity contribution in [2.75, 3.05) is 10.6 Å². The van der Waals surface area contributed by atoms with Crippen LogP contribution in [0.15, 0.2) is 36.4 Å². The fourth-order valence-electron chi connectivity index (χ4n) is 3.35. The quantitative estimate of drug-likeness (QED) is 0.617. The summed E-state index contributed by atoms with van der Waals surface area (Å²) in [4.78, 5) is 30.1. The third-order valence-electron chi connectivity index (χ3n) is 4.78. The predicted molar refractivity (Wildman–Crippen MR) is 119 cm³/mol. The molecule has 0 saturated carbocycles.